The molecule has 0 bridgehead atoms. The Hall–Kier alpha value is -2.78. The highest BCUT2D eigenvalue weighted by molar-refractivity contribution is 7.54. The Balaban J connectivity index is 1.44. The fourth-order valence-electron chi connectivity index (χ4n) is 3.50. The summed E-state index contributed by atoms with van der Waals surface area (Å²) >= 11 is 0. The Morgan fingerprint density at radius 2 is 1.84 bits per heavy atom. The van der Waals surface area contributed by atoms with Crippen LogP contribution in [0.15, 0.2) is 42.6 Å². The van der Waals surface area contributed by atoms with Crippen LogP contribution in [0.4, 0.5) is 5.69 Å². The van der Waals surface area contributed by atoms with Crippen LogP contribution in [0.5, 0.6) is 11.5 Å². The van der Waals surface area contributed by atoms with Crippen molar-refractivity contribution < 1.29 is 18.7 Å². The first kappa shape index (κ1) is 20.1. The zero-order valence-corrected chi connectivity index (χ0v) is 18.1. The molecule has 0 saturated carbocycles. The quantitative estimate of drug-likeness (QED) is 0.222. The predicted molar refractivity (Wildman–Crippen MR) is 114 cm³/mol. The molecule has 2 saturated heterocycles. The highest BCUT2D eigenvalue weighted by atomic mass is 31.2. The number of nitro benzene ring substituents is 1. The third-order valence-electron chi connectivity index (χ3n) is 5.46. The Morgan fingerprint density at radius 1 is 1.13 bits per heavy atom. The fourth-order valence-corrected chi connectivity index (χ4v) is 5.85. The summed E-state index contributed by atoms with van der Waals surface area (Å²) in [5.74, 6) is 0.566. The molecule has 1 unspecified atom stereocenters. The minimum atomic E-state index is -3.02. The summed E-state index contributed by atoms with van der Waals surface area (Å²) in [7, 11) is -1.20. The molecule has 11 heteroatoms. The summed E-state index contributed by atoms with van der Waals surface area (Å²) in [5, 5.41) is 16.7. The highest BCUT2D eigenvalue weighted by Gasteiger charge is 2.50. The first-order valence-electron chi connectivity index (χ1n) is 10.0. The molecular weight excluding hydrogens is 421 g/mol. The van der Waals surface area contributed by atoms with Crippen LogP contribution in [-0.2, 0) is 16.1 Å². The van der Waals surface area contributed by atoms with Crippen molar-refractivity contribution in [3.05, 3.63) is 58.3 Å². The molecule has 0 amide bonds. The normalized spacial score (nSPS) is 17.6. The Morgan fingerprint density at radius 3 is 2.48 bits per heavy atom. The molecule has 0 radical (unpaired) electrons. The molecule has 2 aliphatic rings. The topological polar surface area (TPSA) is 103 Å². The first-order chi connectivity index (χ1) is 14.8. The second kappa shape index (κ2) is 7.42. The summed E-state index contributed by atoms with van der Waals surface area (Å²) in [5.41, 5.74) is 1.36. The highest BCUT2D eigenvalue weighted by Crippen LogP contribution is 2.63. The van der Waals surface area contributed by atoms with E-state index in [4.69, 9.17) is 9.26 Å². The van der Waals surface area contributed by atoms with Gasteiger partial charge < -0.3 is 4.74 Å². The molecule has 5 rings (SSSR count). The van der Waals surface area contributed by atoms with Crippen LogP contribution in [0.2, 0.25) is 0 Å². The van der Waals surface area contributed by atoms with Crippen LogP contribution in [0.3, 0.4) is 0 Å². The van der Waals surface area contributed by atoms with E-state index in [-0.39, 0.29) is 11.4 Å². The molecule has 1 atom stereocenters. The van der Waals surface area contributed by atoms with Crippen molar-refractivity contribution in [2.24, 2.45) is 7.05 Å². The summed E-state index contributed by atoms with van der Waals surface area (Å²) < 4.78 is 30.6. The number of fused-ring (bicyclic) bond motifs is 1. The summed E-state index contributed by atoms with van der Waals surface area (Å²) in [6, 6.07) is 9.99. The van der Waals surface area contributed by atoms with Crippen molar-refractivity contribution in [1.82, 2.24) is 19.1 Å². The van der Waals surface area contributed by atoms with Crippen LogP contribution in [0.1, 0.15) is 18.6 Å². The van der Waals surface area contributed by atoms with E-state index in [0.717, 1.165) is 37.1 Å². The SMILES string of the molecule is CC(OP(=O)(N1CC1)N1CC1)c1ccc([N+](=O)[O-])c(Oc2ccc3cnn(C)c3c2)c1. The van der Waals surface area contributed by atoms with E-state index in [1.807, 2.05) is 22.5 Å². The van der Waals surface area contributed by atoms with Gasteiger partial charge in [0, 0.05) is 50.7 Å². The van der Waals surface area contributed by atoms with Crippen LogP contribution >= 0.6 is 7.67 Å². The summed E-state index contributed by atoms with van der Waals surface area (Å²) in [4.78, 5) is 11.1. The number of benzene rings is 2. The van der Waals surface area contributed by atoms with Crippen molar-refractivity contribution in [3.63, 3.8) is 0 Å². The Kier molecular flexibility index (Phi) is 4.82. The number of hydrogen-bond donors (Lipinski definition) is 0. The van der Waals surface area contributed by atoms with Gasteiger partial charge in [0.05, 0.1) is 22.7 Å². The second-order valence-electron chi connectivity index (χ2n) is 7.72. The van der Waals surface area contributed by atoms with Gasteiger partial charge in [-0.2, -0.15) is 5.10 Å². The molecule has 0 N–H and O–H groups in total. The number of hydrogen-bond acceptors (Lipinski definition) is 6. The molecule has 162 valence electrons. The van der Waals surface area contributed by atoms with Gasteiger partial charge in [-0.1, -0.05) is 0 Å². The molecule has 31 heavy (non-hydrogen) atoms. The minimum Gasteiger partial charge on any atom is -0.450 e. The van der Waals surface area contributed by atoms with Crippen molar-refractivity contribution in [2.75, 3.05) is 26.2 Å². The number of nitrogens with zero attached hydrogens (tertiary/aromatic N) is 5. The number of ether oxygens (including phenoxy) is 1. The van der Waals surface area contributed by atoms with E-state index in [0.29, 0.717) is 11.3 Å². The standard InChI is InChI=1S/C20H22N5O5P/c1-14(30-31(28,23-7-8-23)24-9-10-24)15-4-6-18(25(26)27)20(11-15)29-17-5-3-16-13-21-22(2)19(16)12-17/h3-6,11-14H,7-10H2,1-2H3. The maximum atomic E-state index is 13.3. The van der Waals surface area contributed by atoms with Gasteiger partial charge in [0.1, 0.15) is 5.75 Å². The van der Waals surface area contributed by atoms with Crippen molar-refractivity contribution >= 4 is 24.3 Å². The van der Waals surface area contributed by atoms with E-state index in [1.165, 1.54) is 6.07 Å². The lowest BCUT2D eigenvalue weighted by atomic mass is 10.1. The zero-order valence-electron chi connectivity index (χ0n) is 17.2. The van der Waals surface area contributed by atoms with Gasteiger partial charge in [-0.25, -0.2) is 9.34 Å². The maximum absolute atomic E-state index is 13.3. The molecule has 10 nitrogen and oxygen atoms in total. The van der Waals surface area contributed by atoms with Gasteiger partial charge in [-0.15, -0.1) is 0 Å². The van der Waals surface area contributed by atoms with E-state index in [2.05, 4.69) is 5.10 Å². The van der Waals surface area contributed by atoms with Crippen LogP contribution in [0, 0.1) is 10.1 Å². The fraction of sp³-hybridized carbons (Fsp3) is 0.350. The van der Waals surface area contributed by atoms with Gasteiger partial charge >= 0.3 is 13.4 Å². The Bertz CT molecular complexity index is 1200. The summed E-state index contributed by atoms with van der Waals surface area (Å²) in [6.07, 6.45) is 1.22. The lowest BCUT2D eigenvalue weighted by Crippen LogP contribution is -2.10. The van der Waals surface area contributed by atoms with Gasteiger partial charge in [0.2, 0.25) is 5.75 Å². The van der Waals surface area contributed by atoms with E-state index < -0.39 is 18.7 Å². The average molecular weight is 443 g/mol. The van der Waals surface area contributed by atoms with Gasteiger partial charge in [0.15, 0.2) is 0 Å². The van der Waals surface area contributed by atoms with Crippen LogP contribution in [0.25, 0.3) is 10.9 Å². The third kappa shape index (κ3) is 3.83. The number of aryl methyl sites for hydroxylation is 1. The first-order valence-corrected chi connectivity index (χ1v) is 11.6. The Labute approximate surface area is 178 Å². The lowest BCUT2D eigenvalue weighted by molar-refractivity contribution is -0.385. The molecule has 2 aliphatic heterocycles. The average Bonchev–Trinajstić information content (AvgIpc) is 3.65. The minimum absolute atomic E-state index is 0.104. The van der Waals surface area contributed by atoms with E-state index >= 15 is 0 Å². The van der Waals surface area contributed by atoms with E-state index in [1.54, 1.807) is 42.1 Å². The van der Waals surface area contributed by atoms with Gasteiger partial charge in [0.25, 0.3) is 0 Å². The molecule has 1 aromatic heterocycles. The smallest absolute Gasteiger partial charge is 0.346 e. The zero-order chi connectivity index (χ0) is 21.8. The van der Waals surface area contributed by atoms with Crippen molar-refractivity contribution in [1.29, 1.82) is 0 Å². The monoisotopic (exact) mass is 443 g/mol. The molecule has 0 aliphatic carbocycles. The van der Waals surface area contributed by atoms with Crippen LogP contribution in [-0.4, -0.2) is 50.2 Å². The molecule has 3 heterocycles. The molecular formula is C20H22N5O5P. The third-order valence-corrected chi connectivity index (χ3v) is 8.28. The number of nitro groups is 1. The molecule has 2 fully saturated rings. The maximum Gasteiger partial charge on any atom is 0.346 e. The van der Waals surface area contributed by atoms with Crippen molar-refractivity contribution in [2.45, 2.75) is 13.0 Å². The number of aromatic nitrogens is 2. The van der Waals surface area contributed by atoms with Gasteiger partial charge in [-0.05, 0) is 36.8 Å². The molecule has 0 spiro atoms. The molecule has 2 aromatic carbocycles. The van der Waals surface area contributed by atoms with E-state index in [9.17, 15) is 14.7 Å². The second-order valence-corrected chi connectivity index (χ2v) is 10.0. The van der Waals surface area contributed by atoms with Crippen molar-refractivity contribution in [3.8, 4) is 11.5 Å². The van der Waals surface area contributed by atoms with Gasteiger partial charge in [-0.3, -0.25) is 23.9 Å². The number of rotatable bonds is 8. The largest absolute Gasteiger partial charge is 0.450 e. The predicted octanol–water partition coefficient (Wildman–Crippen LogP) is 4.09. The summed E-state index contributed by atoms with van der Waals surface area (Å²) in [6.45, 7) is 4.82. The molecule has 3 aromatic rings. The lowest BCUT2D eigenvalue weighted by Gasteiger charge is -2.24. The van der Waals surface area contributed by atoms with Crippen LogP contribution < -0.4 is 4.74 Å².